The van der Waals surface area contributed by atoms with E-state index in [0.717, 1.165) is 36.8 Å². The first-order valence-corrected chi connectivity index (χ1v) is 16.6. The van der Waals surface area contributed by atoms with E-state index in [1.807, 2.05) is 33.8 Å². The number of ether oxygens (including phenoxy) is 2. The first-order chi connectivity index (χ1) is 21.4. The van der Waals surface area contributed by atoms with Gasteiger partial charge in [0.2, 0.25) is 0 Å². The Morgan fingerprint density at radius 3 is 2.11 bits per heavy atom. The minimum Gasteiger partial charge on any atom is -0.451 e. The van der Waals surface area contributed by atoms with Gasteiger partial charge in [-0.25, -0.2) is 9.59 Å². The van der Waals surface area contributed by atoms with Crippen LogP contribution in [0.3, 0.4) is 0 Å². The van der Waals surface area contributed by atoms with Crippen LogP contribution in [0.25, 0.3) is 5.57 Å². The highest BCUT2D eigenvalue weighted by molar-refractivity contribution is 6.30. The molecule has 236 valence electrons. The Bertz CT molecular complexity index is 1690. The van der Waals surface area contributed by atoms with Gasteiger partial charge in [0, 0.05) is 0 Å². The predicted molar refractivity (Wildman–Crippen MR) is 183 cm³/mol. The Balaban J connectivity index is 1.61. The normalized spacial score (nSPS) is 18.7. The van der Waals surface area contributed by atoms with Crippen LogP contribution in [0.5, 0.6) is 5.75 Å². The van der Waals surface area contributed by atoms with Crippen molar-refractivity contribution in [2.24, 2.45) is 0 Å². The van der Waals surface area contributed by atoms with E-state index in [9.17, 15) is 9.59 Å². The van der Waals surface area contributed by atoms with Crippen LogP contribution in [0, 0.1) is 13.8 Å². The van der Waals surface area contributed by atoms with Crippen LogP contribution in [0.4, 0.5) is 0 Å². The highest BCUT2D eigenvalue weighted by Crippen LogP contribution is 2.58. The monoisotopic (exact) mass is 604 g/mol. The molecular formula is C41H48O4. The third kappa shape index (κ3) is 5.69. The summed E-state index contributed by atoms with van der Waals surface area (Å²) in [7, 11) is 0. The fourth-order valence-corrected chi connectivity index (χ4v) is 7.34. The maximum atomic E-state index is 12.9. The second kappa shape index (κ2) is 12.5. The van der Waals surface area contributed by atoms with Gasteiger partial charge in [0.05, 0.1) is 5.41 Å². The van der Waals surface area contributed by atoms with Crippen LogP contribution in [-0.2, 0) is 25.2 Å². The molecule has 0 saturated heterocycles. The molecule has 0 aromatic heterocycles. The summed E-state index contributed by atoms with van der Waals surface area (Å²) in [6.07, 6.45) is 10.0. The smallest absolute Gasteiger partial charge is 0.422 e. The van der Waals surface area contributed by atoms with E-state index in [-0.39, 0.29) is 5.41 Å². The zero-order valence-corrected chi connectivity index (χ0v) is 28.3. The number of carbonyl (C=O) groups is 2. The molecule has 0 N–H and O–H groups in total. The summed E-state index contributed by atoms with van der Waals surface area (Å²) in [6, 6.07) is 21.8. The molecule has 5 rings (SSSR count). The second-order valence-corrected chi connectivity index (χ2v) is 13.7. The summed E-state index contributed by atoms with van der Waals surface area (Å²) >= 11 is 0. The predicted octanol–water partition coefficient (Wildman–Crippen LogP) is 9.86. The van der Waals surface area contributed by atoms with E-state index in [0.29, 0.717) is 18.6 Å². The van der Waals surface area contributed by atoms with E-state index in [4.69, 9.17) is 9.47 Å². The van der Waals surface area contributed by atoms with Crippen LogP contribution in [-0.4, -0.2) is 17.5 Å². The van der Waals surface area contributed by atoms with Crippen molar-refractivity contribution >= 4 is 17.5 Å². The molecule has 2 unspecified atom stereocenters. The summed E-state index contributed by atoms with van der Waals surface area (Å²) in [5.74, 6) is -1.59. The summed E-state index contributed by atoms with van der Waals surface area (Å²) < 4.78 is 11.3. The molecule has 4 heteroatoms. The molecule has 0 fully saturated rings. The van der Waals surface area contributed by atoms with Gasteiger partial charge in [0.25, 0.3) is 0 Å². The van der Waals surface area contributed by atoms with E-state index in [2.05, 4.69) is 94.4 Å². The lowest BCUT2D eigenvalue weighted by Gasteiger charge is -2.36. The molecular weight excluding hydrogens is 556 g/mol. The molecule has 0 heterocycles. The molecule has 2 aliphatic rings. The fraction of sp³-hybridized carbons (Fsp3) is 0.415. The molecule has 0 spiro atoms. The van der Waals surface area contributed by atoms with Crippen molar-refractivity contribution in [2.45, 2.75) is 110 Å². The van der Waals surface area contributed by atoms with Crippen LogP contribution in [0.2, 0.25) is 0 Å². The van der Waals surface area contributed by atoms with E-state index in [1.54, 1.807) is 0 Å². The van der Waals surface area contributed by atoms with Gasteiger partial charge >= 0.3 is 11.9 Å². The molecule has 0 saturated carbocycles. The van der Waals surface area contributed by atoms with Crippen molar-refractivity contribution in [3.63, 3.8) is 0 Å². The van der Waals surface area contributed by atoms with Crippen molar-refractivity contribution in [1.82, 2.24) is 0 Å². The van der Waals surface area contributed by atoms with Crippen molar-refractivity contribution in [1.29, 1.82) is 0 Å². The lowest BCUT2D eigenvalue weighted by atomic mass is 9.65. The average Bonchev–Trinajstić information content (AvgIpc) is 3.33. The zero-order valence-electron chi connectivity index (χ0n) is 28.3. The molecule has 3 aromatic rings. The van der Waals surface area contributed by atoms with Crippen LogP contribution < -0.4 is 4.74 Å². The summed E-state index contributed by atoms with van der Waals surface area (Å²) in [4.78, 5) is 25.7. The topological polar surface area (TPSA) is 52.6 Å². The van der Waals surface area contributed by atoms with Gasteiger partial charge in [-0.1, -0.05) is 108 Å². The maximum absolute atomic E-state index is 12.9. The maximum Gasteiger partial charge on any atom is 0.422 e. The number of allylic oxidation sites excluding steroid dienone is 4. The molecule has 0 radical (unpaired) electrons. The fourth-order valence-electron chi connectivity index (χ4n) is 7.34. The minimum atomic E-state index is -0.993. The number of carbonyl (C=O) groups excluding carboxylic acids is 2. The van der Waals surface area contributed by atoms with Crippen LogP contribution >= 0.6 is 0 Å². The molecule has 3 aromatic carbocycles. The second-order valence-electron chi connectivity index (χ2n) is 13.7. The van der Waals surface area contributed by atoms with Crippen molar-refractivity contribution in [3.05, 3.63) is 117 Å². The van der Waals surface area contributed by atoms with Gasteiger partial charge in [-0.2, -0.15) is 0 Å². The van der Waals surface area contributed by atoms with E-state index in [1.165, 1.54) is 39.0 Å². The molecule has 0 amide bonds. The SMILES string of the molecule is CCCC(C)(CC)OC(=O)C(=O)Oc1ccc(C2(c3ccc(C(C)(C)CC)c(C)c3)C3=CCCC=C3c3ccccc32)cc1C. The van der Waals surface area contributed by atoms with Gasteiger partial charge in [0.1, 0.15) is 11.4 Å². The van der Waals surface area contributed by atoms with Gasteiger partial charge < -0.3 is 9.47 Å². The van der Waals surface area contributed by atoms with Crippen LogP contribution in [0.1, 0.15) is 119 Å². The Labute approximate surface area is 269 Å². The van der Waals surface area contributed by atoms with Crippen molar-refractivity contribution < 1.29 is 19.1 Å². The number of aryl methyl sites for hydroxylation is 2. The average molecular weight is 605 g/mol. The molecule has 45 heavy (non-hydrogen) atoms. The molecule has 0 aliphatic heterocycles. The summed E-state index contributed by atoms with van der Waals surface area (Å²) in [6.45, 7) is 16.9. The Morgan fingerprint density at radius 1 is 0.800 bits per heavy atom. The molecule has 0 bridgehead atoms. The highest BCUT2D eigenvalue weighted by Gasteiger charge is 2.49. The molecule has 2 atom stereocenters. The van der Waals surface area contributed by atoms with Gasteiger partial charge in [-0.3, -0.25) is 0 Å². The first-order valence-electron chi connectivity index (χ1n) is 16.6. The lowest BCUT2D eigenvalue weighted by molar-refractivity contribution is -0.172. The van der Waals surface area contributed by atoms with Crippen molar-refractivity contribution in [3.8, 4) is 5.75 Å². The minimum absolute atomic E-state index is 0.0763. The zero-order chi connectivity index (χ0) is 32.6. The third-order valence-corrected chi connectivity index (χ3v) is 10.3. The van der Waals surface area contributed by atoms with Gasteiger partial charge in [-0.15, -0.1) is 0 Å². The highest BCUT2D eigenvalue weighted by atomic mass is 16.6. The number of hydrogen-bond acceptors (Lipinski definition) is 4. The number of hydrogen-bond donors (Lipinski definition) is 0. The number of rotatable bonds is 9. The standard InChI is InChI=1S/C41H48O4/c1-9-24-40(8,11-3)45-38(43)37(42)44-36-23-21-30(26-28(36)5)41(29-20-22-33(27(4)25-29)39(6,7)10-2)34-18-14-12-16-31(34)32-17-13-15-19-35(32)41/h12,14,16-23,25-26H,9-11,13,15,24H2,1-8H3. The number of fused-ring (bicyclic) bond motifs is 3. The molecule has 4 nitrogen and oxygen atoms in total. The molecule has 2 aliphatic carbocycles. The first kappa shape index (κ1) is 32.5. The van der Waals surface area contributed by atoms with E-state index >= 15 is 0 Å². The number of esters is 2. The largest absolute Gasteiger partial charge is 0.451 e. The lowest BCUT2D eigenvalue weighted by Crippen LogP contribution is -2.35. The summed E-state index contributed by atoms with van der Waals surface area (Å²) in [5.41, 5.74) is 9.75. The quantitative estimate of drug-likeness (QED) is 0.139. The van der Waals surface area contributed by atoms with Crippen LogP contribution in [0.15, 0.2) is 78.4 Å². The van der Waals surface area contributed by atoms with Crippen molar-refractivity contribution in [2.75, 3.05) is 0 Å². The Morgan fingerprint density at radius 2 is 1.47 bits per heavy atom. The van der Waals surface area contributed by atoms with Gasteiger partial charge in [0.15, 0.2) is 0 Å². The van der Waals surface area contributed by atoms with Gasteiger partial charge in [-0.05, 0) is 114 Å². The Kier molecular flexibility index (Phi) is 8.99. The third-order valence-electron chi connectivity index (χ3n) is 10.3. The number of benzene rings is 3. The van der Waals surface area contributed by atoms with E-state index < -0.39 is 23.0 Å². The summed E-state index contributed by atoms with van der Waals surface area (Å²) in [5, 5.41) is 0. The Hall–Kier alpha value is -3.92.